The van der Waals surface area contributed by atoms with Crippen molar-refractivity contribution in [3.63, 3.8) is 0 Å². The minimum atomic E-state index is -0.00479. The Hall–Kier alpha value is -1.77. The number of piperazine rings is 1. The van der Waals surface area contributed by atoms with Gasteiger partial charge in [0.1, 0.15) is 5.69 Å². The van der Waals surface area contributed by atoms with E-state index in [1.165, 1.54) is 0 Å². The lowest BCUT2D eigenvalue weighted by molar-refractivity contribution is 0.0398. The molecule has 3 rings (SSSR count). The van der Waals surface area contributed by atoms with E-state index in [9.17, 15) is 4.79 Å². The van der Waals surface area contributed by atoms with Crippen LogP contribution in [0.25, 0.3) is 0 Å². The van der Waals surface area contributed by atoms with E-state index in [0.717, 1.165) is 71.3 Å². The summed E-state index contributed by atoms with van der Waals surface area (Å²) < 4.78 is 5.35. The first-order valence-corrected chi connectivity index (χ1v) is 8.99. The number of aryl methyl sites for hydroxylation is 1. The molecule has 25 heavy (non-hydrogen) atoms. The van der Waals surface area contributed by atoms with Crippen LogP contribution in [0.4, 0.5) is 5.95 Å². The summed E-state index contributed by atoms with van der Waals surface area (Å²) in [5.74, 6) is 0.528. The largest absolute Gasteiger partial charge is 0.379 e. The van der Waals surface area contributed by atoms with Gasteiger partial charge in [-0.25, -0.2) is 9.97 Å². The minimum Gasteiger partial charge on any atom is -0.379 e. The lowest BCUT2D eigenvalue weighted by atomic mass is 10.2. The Labute approximate surface area is 149 Å². The number of nitrogens with zero attached hydrogens (tertiary/aromatic N) is 5. The number of morpholine rings is 1. The number of carbonyl (C=O) groups is 1. The molecule has 0 spiro atoms. The Morgan fingerprint density at radius 2 is 1.88 bits per heavy atom. The van der Waals surface area contributed by atoms with Gasteiger partial charge in [0.15, 0.2) is 0 Å². The highest BCUT2D eigenvalue weighted by Crippen LogP contribution is 2.10. The monoisotopic (exact) mass is 348 g/mol. The van der Waals surface area contributed by atoms with Crippen LogP contribution in [-0.2, 0) is 4.74 Å². The van der Waals surface area contributed by atoms with Crippen molar-refractivity contribution in [3.8, 4) is 0 Å². The fourth-order valence-corrected chi connectivity index (χ4v) is 3.08. The van der Waals surface area contributed by atoms with Gasteiger partial charge in [0, 0.05) is 58.1 Å². The Kier molecular flexibility index (Phi) is 6.17. The third-order valence-electron chi connectivity index (χ3n) is 4.68. The first-order valence-electron chi connectivity index (χ1n) is 8.99. The van der Waals surface area contributed by atoms with Crippen molar-refractivity contribution in [2.45, 2.75) is 6.92 Å². The van der Waals surface area contributed by atoms with Crippen molar-refractivity contribution in [2.24, 2.45) is 0 Å². The van der Waals surface area contributed by atoms with Gasteiger partial charge in [-0.2, -0.15) is 0 Å². The number of rotatable bonds is 5. The minimum absolute atomic E-state index is 0.00479. The van der Waals surface area contributed by atoms with E-state index in [1.54, 1.807) is 6.07 Å². The van der Waals surface area contributed by atoms with Crippen LogP contribution in [0.3, 0.4) is 0 Å². The van der Waals surface area contributed by atoms with Gasteiger partial charge in [-0.05, 0) is 20.0 Å². The molecule has 3 heterocycles. The summed E-state index contributed by atoms with van der Waals surface area (Å²) in [7, 11) is 2.08. The first kappa shape index (κ1) is 18.0. The van der Waals surface area contributed by atoms with E-state index >= 15 is 0 Å². The summed E-state index contributed by atoms with van der Waals surface area (Å²) in [6.45, 7) is 10.4. The number of anilines is 1. The highest BCUT2D eigenvalue weighted by atomic mass is 16.5. The fourth-order valence-electron chi connectivity index (χ4n) is 3.08. The molecule has 8 heteroatoms. The second-order valence-electron chi connectivity index (χ2n) is 6.69. The Balaban J connectivity index is 1.56. The lowest BCUT2D eigenvalue weighted by Crippen LogP contribution is -2.47. The van der Waals surface area contributed by atoms with Crippen molar-refractivity contribution < 1.29 is 9.53 Å². The summed E-state index contributed by atoms with van der Waals surface area (Å²) in [6, 6.07) is 1.77. The van der Waals surface area contributed by atoms with Crippen LogP contribution in [0.5, 0.6) is 0 Å². The second kappa shape index (κ2) is 8.55. The molecule has 0 aliphatic carbocycles. The van der Waals surface area contributed by atoms with Gasteiger partial charge in [-0.15, -0.1) is 0 Å². The van der Waals surface area contributed by atoms with Crippen LogP contribution < -0.4 is 5.32 Å². The predicted octanol–water partition coefficient (Wildman–Crippen LogP) is -0.0833. The molecule has 0 bridgehead atoms. The maximum absolute atomic E-state index is 12.7. The van der Waals surface area contributed by atoms with E-state index in [4.69, 9.17) is 4.74 Å². The molecule has 138 valence electrons. The van der Waals surface area contributed by atoms with Crippen LogP contribution in [0.15, 0.2) is 6.07 Å². The standard InChI is InChI=1S/C17H28N6O2/c1-14-13-15(16(24)23-7-5-21(2)6-8-23)20-17(19-14)18-3-4-22-9-11-25-12-10-22/h13H,3-12H2,1-2H3,(H,18,19,20). The van der Waals surface area contributed by atoms with Gasteiger partial charge in [-0.1, -0.05) is 0 Å². The van der Waals surface area contributed by atoms with Crippen LogP contribution in [0.1, 0.15) is 16.2 Å². The Morgan fingerprint density at radius 3 is 2.60 bits per heavy atom. The van der Waals surface area contributed by atoms with Gasteiger partial charge < -0.3 is 19.9 Å². The van der Waals surface area contributed by atoms with Crippen LogP contribution in [0.2, 0.25) is 0 Å². The molecule has 1 amide bonds. The molecule has 0 aromatic carbocycles. The summed E-state index contributed by atoms with van der Waals surface area (Å²) in [6.07, 6.45) is 0. The van der Waals surface area contributed by atoms with E-state index in [-0.39, 0.29) is 5.91 Å². The molecule has 2 aliphatic heterocycles. The molecule has 0 unspecified atom stereocenters. The summed E-state index contributed by atoms with van der Waals surface area (Å²) in [4.78, 5) is 28.0. The van der Waals surface area contributed by atoms with Crippen molar-refractivity contribution in [1.82, 2.24) is 24.7 Å². The first-order chi connectivity index (χ1) is 12.1. The molecular formula is C17H28N6O2. The number of hydrogen-bond donors (Lipinski definition) is 1. The molecule has 1 N–H and O–H groups in total. The van der Waals surface area contributed by atoms with Gasteiger partial charge in [0.25, 0.3) is 5.91 Å². The molecule has 0 radical (unpaired) electrons. The Morgan fingerprint density at radius 1 is 1.16 bits per heavy atom. The number of hydrogen-bond acceptors (Lipinski definition) is 7. The normalized spacial score (nSPS) is 19.8. The molecule has 0 atom stereocenters. The average molecular weight is 348 g/mol. The second-order valence-corrected chi connectivity index (χ2v) is 6.69. The van der Waals surface area contributed by atoms with Gasteiger partial charge in [-0.3, -0.25) is 9.69 Å². The maximum atomic E-state index is 12.7. The molecule has 8 nitrogen and oxygen atoms in total. The van der Waals surface area contributed by atoms with Crippen LogP contribution >= 0.6 is 0 Å². The number of ether oxygens (including phenoxy) is 1. The molecule has 2 aliphatic rings. The predicted molar refractivity (Wildman–Crippen MR) is 95.9 cm³/mol. The number of amides is 1. The number of likely N-dealkylation sites (N-methyl/N-ethyl adjacent to an activating group) is 1. The summed E-state index contributed by atoms with van der Waals surface area (Å²) in [5, 5.41) is 3.25. The molecule has 1 aromatic rings. The molecule has 2 fully saturated rings. The van der Waals surface area contributed by atoms with E-state index in [2.05, 4.69) is 32.1 Å². The molecule has 1 aromatic heterocycles. The Bertz CT molecular complexity index is 583. The molecule has 2 saturated heterocycles. The maximum Gasteiger partial charge on any atom is 0.272 e. The highest BCUT2D eigenvalue weighted by Gasteiger charge is 2.22. The zero-order valence-electron chi connectivity index (χ0n) is 15.2. The van der Waals surface area contributed by atoms with Crippen LogP contribution in [-0.4, -0.2) is 103 Å². The third-order valence-corrected chi connectivity index (χ3v) is 4.68. The SMILES string of the molecule is Cc1cc(C(=O)N2CCN(C)CC2)nc(NCCN2CCOCC2)n1. The highest BCUT2D eigenvalue weighted by molar-refractivity contribution is 5.92. The quantitative estimate of drug-likeness (QED) is 0.798. The smallest absolute Gasteiger partial charge is 0.272 e. The van der Waals surface area contributed by atoms with Crippen molar-refractivity contribution in [2.75, 3.05) is 77.9 Å². The molecular weight excluding hydrogens is 320 g/mol. The zero-order chi connectivity index (χ0) is 17.6. The van der Waals surface area contributed by atoms with E-state index in [1.807, 2.05) is 11.8 Å². The zero-order valence-corrected chi connectivity index (χ0v) is 15.2. The average Bonchev–Trinajstić information content (AvgIpc) is 2.62. The van der Waals surface area contributed by atoms with Gasteiger partial charge in [0.05, 0.1) is 13.2 Å². The number of aromatic nitrogens is 2. The van der Waals surface area contributed by atoms with Crippen molar-refractivity contribution >= 4 is 11.9 Å². The van der Waals surface area contributed by atoms with Crippen molar-refractivity contribution in [3.05, 3.63) is 17.5 Å². The fraction of sp³-hybridized carbons (Fsp3) is 0.706. The third kappa shape index (κ3) is 5.10. The topological polar surface area (TPSA) is 73.8 Å². The lowest BCUT2D eigenvalue weighted by Gasteiger charge is -2.32. The van der Waals surface area contributed by atoms with Gasteiger partial charge in [0.2, 0.25) is 5.95 Å². The van der Waals surface area contributed by atoms with E-state index in [0.29, 0.717) is 11.6 Å². The van der Waals surface area contributed by atoms with E-state index < -0.39 is 0 Å². The summed E-state index contributed by atoms with van der Waals surface area (Å²) >= 11 is 0. The number of carbonyl (C=O) groups excluding carboxylic acids is 1. The van der Waals surface area contributed by atoms with Crippen LogP contribution in [0, 0.1) is 6.92 Å². The number of nitrogens with one attached hydrogen (secondary N) is 1. The summed E-state index contributed by atoms with van der Waals surface area (Å²) in [5.41, 5.74) is 1.28. The molecule has 0 saturated carbocycles. The van der Waals surface area contributed by atoms with Gasteiger partial charge >= 0.3 is 0 Å². The van der Waals surface area contributed by atoms with Crippen molar-refractivity contribution in [1.29, 1.82) is 0 Å².